The second-order valence-electron chi connectivity index (χ2n) is 6.85. The standard InChI is InChI=1S/C23H17ClN2O4S/c24-16-8-5-14(6-9-16)13-30-19-10-7-15-3-1-2-4-17(15)18(19)11-20-22(28)26(12-21(25)27)23(29)31-20/h1-11H,12-13H2,(H2,25,27)/b20-11-. The molecule has 0 radical (unpaired) electrons. The first-order chi connectivity index (χ1) is 14.9. The summed E-state index contributed by atoms with van der Waals surface area (Å²) in [6, 6.07) is 18.8. The number of fused-ring (bicyclic) bond motifs is 1. The summed E-state index contributed by atoms with van der Waals surface area (Å²) in [5.41, 5.74) is 6.77. The van der Waals surface area contributed by atoms with Gasteiger partial charge in [-0.25, -0.2) is 0 Å². The van der Waals surface area contributed by atoms with Gasteiger partial charge in [0.1, 0.15) is 18.9 Å². The van der Waals surface area contributed by atoms with Crippen molar-refractivity contribution < 1.29 is 19.1 Å². The van der Waals surface area contributed by atoms with E-state index in [2.05, 4.69) is 0 Å². The van der Waals surface area contributed by atoms with Gasteiger partial charge in [0, 0.05) is 10.6 Å². The van der Waals surface area contributed by atoms with Crippen LogP contribution < -0.4 is 10.5 Å². The highest BCUT2D eigenvalue weighted by molar-refractivity contribution is 8.18. The van der Waals surface area contributed by atoms with Crippen molar-refractivity contribution >= 4 is 57.3 Å². The zero-order valence-corrected chi connectivity index (χ0v) is 17.8. The quantitative estimate of drug-likeness (QED) is 0.552. The Balaban J connectivity index is 1.71. The number of carbonyl (C=O) groups excluding carboxylic acids is 3. The van der Waals surface area contributed by atoms with E-state index < -0.39 is 23.6 Å². The first kappa shape index (κ1) is 21.0. The summed E-state index contributed by atoms with van der Waals surface area (Å²) in [6.45, 7) is -0.142. The third-order valence-corrected chi connectivity index (χ3v) is 5.86. The topological polar surface area (TPSA) is 89.7 Å². The highest BCUT2D eigenvalue weighted by Gasteiger charge is 2.36. The smallest absolute Gasteiger partial charge is 0.294 e. The Bertz CT molecular complexity index is 1220. The van der Waals surface area contributed by atoms with Gasteiger partial charge in [0.15, 0.2) is 0 Å². The third kappa shape index (κ3) is 4.57. The molecule has 4 rings (SSSR count). The number of halogens is 1. The number of thioether (sulfide) groups is 1. The second kappa shape index (κ2) is 8.83. The average Bonchev–Trinajstić information content (AvgIpc) is 3.01. The molecule has 1 aliphatic heterocycles. The molecular weight excluding hydrogens is 436 g/mol. The van der Waals surface area contributed by atoms with Crippen LogP contribution in [0.3, 0.4) is 0 Å². The molecule has 3 aromatic rings. The molecule has 156 valence electrons. The minimum Gasteiger partial charge on any atom is -0.488 e. The molecule has 1 fully saturated rings. The molecule has 3 amide bonds. The number of hydrogen-bond acceptors (Lipinski definition) is 5. The largest absolute Gasteiger partial charge is 0.488 e. The fraction of sp³-hybridized carbons (Fsp3) is 0.0870. The molecule has 1 heterocycles. The summed E-state index contributed by atoms with van der Waals surface area (Å²) in [4.78, 5) is 37.1. The summed E-state index contributed by atoms with van der Waals surface area (Å²) in [5.74, 6) is -0.735. The van der Waals surface area contributed by atoms with E-state index in [9.17, 15) is 14.4 Å². The molecule has 0 aliphatic carbocycles. The Morgan fingerprint density at radius 1 is 1.06 bits per heavy atom. The second-order valence-corrected chi connectivity index (χ2v) is 8.28. The molecule has 0 atom stereocenters. The van der Waals surface area contributed by atoms with E-state index in [1.807, 2.05) is 48.5 Å². The van der Waals surface area contributed by atoms with Crippen molar-refractivity contribution in [1.82, 2.24) is 4.90 Å². The van der Waals surface area contributed by atoms with E-state index in [1.54, 1.807) is 18.2 Å². The first-order valence-corrected chi connectivity index (χ1v) is 10.5. The van der Waals surface area contributed by atoms with Crippen molar-refractivity contribution in [2.45, 2.75) is 6.61 Å². The molecular formula is C23H17ClN2O4S. The molecule has 0 aromatic heterocycles. The van der Waals surface area contributed by atoms with Gasteiger partial charge in [-0.05, 0) is 52.4 Å². The molecule has 1 saturated heterocycles. The van der Waals surface area contributed by atoms with E-state index in [0.29, 0.717) is 22.9 Å². The Hall–Kier alpha value is -3.29. The first-order valence-electron chi connectivity index (χ1n) is 9.35. The maximum Gasteiger partial charge on any atom is 0.294 e. The normalized spacial score (nSPS) is 15.1. The Morgan fingerprint density at radius 3 is 2.55 bits per heavy atom. The molecule has 3 aromatic carbocycles. The number of primary amides is 1. The average molecular weight is 453 g/mol. The van der Waals surface area contributed by atoms with Crippen molar-refractivity contribution in [3.05, 3.63) is 81.7 Å². The minimum absolute atomic E-state index is 0.207. The monoisotopic (exact) mass is 452 g/mol. The van der Waals surface area contributed by atoms with Crippen molar-refractivity contribution in [2.24, 2.45) is 5.73 Å². The van der Waals surface area contributed by atoms with Crippen molar-refractivity contribution in [2.75, 3.05) is 6.54 Å². The molecule has 0 spiro atoms. The summed E-state index contributed by atoms with van der Waals surface area (Å²) in [6.07, 6.45) is 1.63. The van der Waals surface area contributed by atoms with Gasteiger partial charge in [-0.15, -0.1) is 0 Å². The zero-order valence-electron chi connectivity index (χ0n) is 16.2. The van der Waals surface area contributed by atoms with E-state index in [-0.39, 0.29) is 4.91 Å². The summed E-state index contributed by atoms with van der Waals surface area (Å²) >= 11 is 6.71. The van der Waals surface area contributed by atoms with Gasteiger partial charge in [-0.1, -0.05) is 54.1 Å². The number of rotatable bonds is 6. The van der Waals surface area contributed by atoms with Gasteiger partial charge < -0.3 is 10.5 Å². The summed E-state index contributed by atoms with van der Waals surface area (Å²) < 4.78 is 6.05. The van der Waals surface area contributed by atoms with Crippen LogP contribution in [-0.2, 0) is 16.2 Å². The number of nitrogens with zero attached hydrogens (tertiary/aromatic N) is 1. The Kier molecular flexibility index (Phi) is 5.97. The number of nitrogens with two attached hydrogens (primary N) is 1. The number of benzene rings is 3. The van der Waals surface area contributed by atoms with Gasteiger partial charge in [-0.2, -0.15) is 0 Å². The van der Waals surface area contributed by atoms with Gasteiger partial charge in [0.05, 0.1) is 4.91 Å². The van der Waals surface area contributed by atoms with Crippen LogP contribution in [0.1, 0.15) is 11.1 Å². The lowest BCUT2D eigenvalue weighted by Gasteiger charge is -2.13. The van der Waals surface area contributed by atoms with Gasteiger partial charge in [0.25, 0.3) is 11.1 Å². The highest BCUT2D eigenvalue weighted by Crippen LogP contribution is 2.37. The lowest BCUT2D eigenvalue weighted by molar-refractivity contribution is -0.127. The summed E-state index contributed by atoms with van der Waals surface area (Å²) in [5, 5.41) is 1.95. The zero-order chi connectivity index (χ0) is 22.0. The van der Waals surface area contributed by atoms with Crippen molar-refractivity contribution in [3.63, 3.8) is 0 Å². The third-order valence-electron chi connectivity index (χ3n) is 4.70. The molecule has 0 saturated carbocycles. The predicted molar refractivity (Wildman–Crippen MR) is 122 cm³/mol. The van der Waals surface area contributed by atoms with Crippen LogP contribution >= 0.6 is 23.4 Å². The molecule has 6 nitrogen and oxygen atoms in total. The number of hydrogen-bond donors (Lipinski definition) is 1. The van der Waals surface area contributed by atoms with Crippen LogP contribution in [0.25, 0.3) is 16.8 Å². The van der Waals surface area contributed by atoms with Crippen LogP contribution in [0, 0.1) is 0 Å². The van der Waals surface area contributed by atoms with E-state index >= 15 is 0 Å². The molecule has 31 heavy (non-hydrogen) atoms. The van der Waals surface area contributed by atoms with Crippen molar-refractivity contribution in [3.8, 4) is 5.75 Å². The molecule has 2 N–H and O–H groups in total. The number of ether oxygens (including phenoxy) is 1. The number of imide groups is 1. The lowest BCUT2D eigenvalue weighted by Crippen LogP contribution is -2.36. The maximum atomic E-state index is 12.7. The van der Waals surface area contributed by atoms with E-state index in [1.165, 1.54) is 0 Å². The van der Waals surface area contributed by atoms with Gasteiger partial charge >= 0.3 is 0 Å². The van der Waals surface area contributed by atoms with Gasteiger partial charge in [0.2, 0.25) is 5.91 Å². The van der Waals surface area contributed by atoms with Crippen LogP contribution in [0.5, 0.6) is 5.75 Å². The lowest BCUT2D eigenvalue weighted by atomic mass is 10.0. The SMILES string of the molecule is NC(=O)CN1C(=O)S/C(=C\c2c(OCc3ccc(Cl)cc3)ccc3ccccc23)C1=O. The number of amides is 3. The fourth-order valence-corrected chi connectivity index (χ4v) is 4.16. The van der Waals surface area contributed by atoms with Crippen LogP contribution in [0.15, 0.2) is 65.6 Å². The molecule has 0 bridgehead atoms. The maximum absolute atomic E-state index is 12.7. The van der Waals surface area contributed by atoms with Gasteiger partial charge in [-0.3, -0.25) is 19.3 Å². The minimum atomic E-state index is -0.749. The highest BCUT2D eigenvalue weighted by atomic mass is 35.5. The number of carbonyl (C=O) groups is 3. The fourth-order valence-electron chi connectivity index (χ4n) is 3.22. The van der Waals surface area contributed by atoms with E-state index in [0.717, 1.165) is 33.0 Å². The summed E-state index contributed by atoms with van der Waals surface area (Å²) in [7, 11) is 0. The van der Waals surface area contributed by atoms with Crippen LogP contribution in [0.4, 0.5) is 4.79 Å². The van der Waals surface area contributed by atoms with E-state index in [4.69, 9.17) is 22.1 Å². The predicted octanol–water partition coefficient (Wildman–Crippen LogP) is 4.59. The van der Waals surface area contributed by atoms with Crippen LogP contribution in [0.2, 0.25) is 5.02 Å². The Morgan fingerprint density at radius 2 is 1.81 bits per heavy atom. The molecule has 1 aliphatic rings. The molecule has 8 heteroatoms. The molecule has 0 unspecified atom stereocenters. The Labute approximate surface area is 187 Å². The van der Waals surface area contributed by atoms with Crippen LogP contribution in [-0.4, -0.2) is 28.5 Å². The van der Waals surface area contributed by atoms with Crippen molar-refractivity contribution in [1.29, 1.82) is 0 Å².